The fourth-order valence-electron chi connectivity index (χ4n) is 9.30. The van der Waals surface area contributed by atoms with Gasteiger partial charge in [-0.2, -0.15) is 0 Å². The van der Waals surface area contributed by atoms with Gasteiger partial charge in [-0.1, -0.05) is 90.8 Å². The van der Waals surface area contributed by atoms with Gasteiger partial charge in [0.2, 0.25) is 0 Å². The van der Waals surface area contributed by atoms with Gasteiger partial charge >= 0.3 is 12.1 Å². The van der Waals surface area contributed by atoms with E-state index < -0.39 is 11.6 Å². The van der Waals surface area contributed by atoms with Crippen molar-refractivity contribution in [3.63, 3.8) is 0 Å². The number of allylic oxidation sites excluding steroid dienone is 4. The van der Waals surface area contributed by atoms with Crippen molar-refractivity contribution in [1.29, 1.82) is 0 Å². The highest BCUT2D eigenvalue weighted by molar-refractivity contribution is 6.36. The summed E-state index contributed by atoms with van der Waals surface area (Å²) in [7, 11) is 1.27. The Bertz CT molecular complexity index is 2410. The summed E-state index contributed by atoms with van der Waals surface area (Å²) < 4.78 is 16.2. The molecule has 4 aliphatic rings. The van der Waals surface area contributed by atoms with Crippen LogP contribution < -0.4 is 0 Å². The third-order valence-corrected chi connectivity index (χ3v) is 12.9. The molecule has 4 aromatic rings. The number of ether oxygens (including phenoxy) is 3. The maximum atomic E-state index is 13.4. The van der Waals surface area contributed by atoms with Crippen LogP contribution in [-0.2, 0) is 35.0 Å². The molecular weight excluding hydrogens is 795 g/mol. The second kappa shape index (κ2) is 17.6. The predicted molar refractivity (Wildman–Crippen MR) is 237 cm³/mol. The van der Waals surface area contributed by atoms with E-state index in [9.17, 15) is 19.2 Å². The zero-order chi connectivity index (χ0) is 43.0. The van der Waals surface area contributed by atoms with Gasteiger partial charge < -0.3 is 14.2 Å². The van der Waals surface area contributed by atoms with Crippen LogP contribution >= 0.6 is 23.2 Å². The minimum Gasteiger partial charge on any atom is -0.437 e. The highest BCUT2D eigenvalue weighted by Crippen LogP contribution is 2.50. The van der Waals surface area contributed by atoms with Crippen LogP contribution in [0.5, 0.6) is 0 Å². The quantitative estimate of drug-likeness (QED) is 0.171. The molecule has 0 aromatic heterocycles. The maximum Gasteiger partial charge on any atom is 0.513 e. The van der Waals surface area contributed by atoms with Gasteiger partial charge in [0.05, 0.1) is 23.7 Å². The molecule has 0 aliphatic heterocycles. The average Bonchev–Trinajstić information content (AvgIpc) is 3.87. The van der Waals surface area contributed by atoms with E-state index in [0.717, 1.165) is 95.0 Å². The van der Waals surface area contributed by atoms with Gasteiger partial charge in [0.15, 0.2) is 11.6 Å². The lowest BCUT2D eigenvalue weighted by Gasteiger charge is -2.28. The van der Waals surface area contributed by atoms with Crippen molar-refractivity contribution in [2.24, 2.45) is 29.1 Å². The normalized spacial score (nSPS) is 20.8. The Kier molecular flexibility index (Phi) is 12.6. The van der Waals surface area contributed by atoms with Crippen molar-refractivity contribution in [1.82, 2.24) is 0 Å². The number of benzene rings is 4. The Morgan fingerprint density at radius 2 is 1.25 bits per heavy atom. The third-order valence-electron chi connectivity index (χ3n) is 12.4. The van der Waals surface area contributed by atoms with Crippen molar-refractivity contribution in [2.45, 2.75) is 86.5 Å². The Hall–Kier alpha value is -4.98. The molecule has 2 fully saturated rings. The Morgan fingerprint density at radius 3 is 1.82 bits per heavy atom. The molecule has 8 rings (SSSR count). The lowest BCUT2D eigenvalue weighted by Crippen LogP contribution is -2.29. The van der Waals surface area contributed by atoms with Gasteiger partial charge in [-0.3, -0.25) is 14.4 Å². The van der Waals surface area contributed by atoms with Crippen molar-refractivity contribution in [3.05, 3.63) is 128 Å². The monoisotopic (exact) mass is 846 g/mol. The summed E-state index contributed by atoms with van der Waals surface area (Å²) in [4.78, 5) is 51.5. The van der Waals surface area contributed by atoms with E-state index in [0.29, 0.717) is 32.7 Å². The summed E-state index contributed by atoms with van der Waals surface area (Å²) >= 11 is 12.5. The SMILES string of the molecule is CCc1ccc(-c2ccc(Cl)cc2Cl)cc1C1=C(OC(=O)OC)[C@H]2CC[C@H](C2)C1=O.Cc1cc(-c2ccccc2)cc(C)c1C1=C(OC(=O)C(C)(C)C)C2CCC(C2)C1=O. The first-order chi connectivity index (χ1) is 28.6. The molecule has 7 nitrogen and oxygen atoms in total. The zero-order valence-corrected chi connectivity index (χ0v) is 36.9. The fourth-order valence-corrected chi connectivity index (χ4v) is 9.82. The van der Waals surface area contributed by atoms with Crippen LogP contribution in [0.15, 0.2) is 90.4 Å². The van der Waals surface area contributed by atoms with E-state index in [1.807, 2.05) is 70.2 Å². The van der Waals surface area contributed by atoms with Crippen molar-refractivity contribution < 1.29 is 33.4 Å². The largest absolute Gasteiger partial charge is 0.513 e. The molecule has 0 amide bonds. The van der Waals surface area contributed by atoms with E-state index in [-0.39, 0.29) is 41.2 Å². The number of aryl methyl sites for hydroxylation is 3. The number of carbonyl (C=O) groups excluding carboxylic acids is 4. The highest BCUT2D eigenvalue weighted by Gasteiger charge is 2.45. The summed E-state index contributed by atoms with van der Waals surface area (Å²) in [5.41, 5.74) is 9.35. The highest BCUT2D eigenvalue weighted by atomic mass is 35.5. The number of esters is 1. The Morgan fingerprint density at radius 1 is 0.667 bits per heavy atom. The number of methoxy groups -OCH3 is 1. The molecule has 2 unspecified atom stereocenters. The summed E-state index contributed by atoms with van der Waals surface area (Å²) in [5.74, 6) is 1.18. The standard InChI is InChI=1S/C27H30O3.C24H22Cl2O4/c1-16-13-21(18-9-7-6-8-10-18)14-17(2)22(16)23-24(28)19-11-12-20(15-19)25(23)30-26(29)27(3,4)5;1-3-13-4-5-14(18-9-8-17(25)12-20(18)26)11-19(13)21-22(27)15-6-7-16(10-15)23(21)30-24(28)29-2/h6-10,13-14,19-20H,11-12,15H2,1-5H3;4-5,8-9,11-12,15-16H,3,6-7,10H2,1-2H3/t;15-,16+/m.1/s1. The maximum absolute atomic E-state index is 13.4. The molecule has 4 atom stereocenters. The molecule has 0 N–H and O–H groups in total. The molecule has 312 valence electrons. The van der Waals surface area contributed by atoms with Gasteiger partial charge in [0.1, 0.15) is 11.5 Å². The lowest BCUT2D eigenvalue weighted by molar-refractivity contribution is -0.149. The molecule has 0 radical (unpaired) electrons. The molecule has 60 heavy (non-hydrogen) atoms. The molecule has 0 heterocycles. The first-order valence-electron chi connectivity index (χ1n) is 20.9. The number of hydrogen-bond acceptors (Lipinski definition) is 7. The minimum absolute atomic E-state index is 0.0255. The number of fused-ring (bicyclic) bond motifs is 4. The summed E-state index contributed by atoms with van der Waals surface area (Å²) in [6.07, 6.45) is 4.89. The van der Waals surface area contributed by atoms with Gasteiger partial charge in [-0.25, -0.2) is 4.79 Å². The first kappa shape index (κ1) is 43.1. The summed E-state index contributed by atoms with van der Waals surface area (Å²) in [5, 5.41) is 1.09. The minimum atomic E-state index is -0.796. The summed E-state index contributed by atoms with van der Waals surface area (Å²) in [6, 6.07) is 25.8. The fraction of sp³-hybridized carbons (Fsp3) is 0.373. The van der Waals surface area contributed by atoms with Gasteiger partial charge in [0, 0.05) is 39.3 Å². The molecule has 4 aliphatic carbocycles. The van der Waals surface area contributed by atoms with E-state index in [1.165, 1.54) is 7.11 Å². The van der Waals surface area contributed by atoms with Crippen molar-refractivity contribution in [3.8, 4) is 22.3 Å². The van der Waals surface area contributed by atoms with E-state index in [2.05, 4.69) is 38.1 Å². The van der Waals surface area contributed by atoms with Crippen LogP contribution in [0.4, 0.5) is 4.79 Å². The number of ketones is 2. The number of hydrogen-bond donors (Lipinski definition) is 0. The molecule has 0 saturated heterocycles. The molecule has 0 spiro atoms. The van der Waals surface area contributed by atoms with Crippen LogP contribution in [0, 0.1) is 42.9 Å². The number of halogens is 2. The number of carbonyl (C=O) groups is 4. The van der Waals surface area contributed by atoms with Crippen molar-refractivity contribution >= 4 is 58.0 Å². The molecule has 4 aromatic carbocycles. The predicted octanol–water partition coefficient (Wildman–Crippen LogP) is 13.0. The van der Waals surface area contributed by atoms with Gasteiger partial charge in [0.25, 0.3) is 0 Å². The van der Waals surface area contributed by atoms with Crippen LogP contribution in [0.3, 0.4) is 0 Å². The Labute approximate surface area is 363 Å². The van der Waals surface area contributed by atoms with Crippen molar-refractivity contribution in [2.75, 3.05) is 7.11 Å². The molecule has 9 heteroatoms. The van der Waals surface area contributed by atoms with Crippen LogP contribution in [0.25, 0.3) is 33.4 Å². The summed E-state index contributed by atoms with van der Waals surface area (Å²) in [6.45, 7) is 11.7. The topological polar surface area (TPSA) is 96.0 Å². The number of rotatable bonds is 7. The average molecular weight is 848 g/mol. The van der Waals surface area contributed by atoms with Gasteiger partial charge in [-0.05, 0) is 142 Å². The third kappa shape index (κ3) is 8.62. The number of Topliss-reactive ketones (excluding diaryl/α,β-unsaturated/α-hetero) is 2. The van der Waals surface area contributed by atoms with Gasteiger partial charge in [-0.15, -0.1) is 0 Å². The molecule has 2 saturated carbocycles. The Balaban J connectivity index is 0.000000181. The van der Waals surface area contributed by atoms with E-state index >= 15 is 0 Å². The first-order valence-corrected chi connectivity index (χ1v) is 21.7. The molecular formula is C51H52Cl2O7. The van der Waals surface area contributed by atoms with Crippen LogP contribution in [-0.4, -0.2) is 30.8 Å². The second-order valence-corrected chi connectivity index (χ2v) is 18.4. The second-order valence-electron chi connectivity index (χ2n) is 17.5. The molecule has 4 bridgehead atoms. The van der Waals surface area contributed by atoms with Crippen LogP contribution in [0.2, 0.25) is 10.0 Å². The smallest absolute Gasteiger partial charge is 0.437 e. The van der Waals surface area contributed by atoms with Crippen LogP contribution in [0.1, 0.15) is 94.0 Å². The van der Waals surface area contributed by atoms with E-state index in [1.54, 1.807) is 12.1 Å². The van der Waals surface area contributed by atoms with E-state index in [4.69, 9.17) is 37.4 Å². The zero-order valence-electron chi connectivity index (χ0n) is 35.4. The lowest BCUT2D eigenvalue weighted by atomic mass is 9.80.